The smallest absolute Gasteiger partial charge is 0.408 e. The fraction of sp³-hybridized carbons (Fsp3) is 0.585. The number of likely N-dealkylation sites (tertiary alicyclic amines) is 1. The predicted octanol–water partition coefficient (Wildman–Crippen LogP) is 7.39. The van der Waals surface area contributed by atoms with E-state index in [0.29, 0.717) is 47.4 Å². The summed E-state index contributed by atoms with van der Waals surface area (Å²) in [4.78, 5) is 69.5. The summed E-state index contributed by atoms with van der Waals surface area (Å²) in [7, 11) is 1.72. The lowest BCUT2D eigenvalue weighted by molar-refractivity contribution is -0.152. The first-order valence-electron chi connectivity index (χ1n) is 18.9. The van der Waals surface area contributed by atoms with E-state index in [4.69, 9.17) is 37.4 Å². The van der Waals surface area contributed by atoms with E-state index in [-0.39, 0.29) is 24.2 Å². The zero-order chi connectivity index (χ0) is 42.1. The summed E-state index contributed by atoms with van der Waals surface area (Å²) in [6.45, 7) is 19.1. The van der Waals surface area contributed by atoms with Gasteiger partial charge in [0, 0.05) is 32.4 Å². The van der Waals surface area contributed by atoms with Gasteiger partial charge in [0.2, 0.25) is 11.8 Å². The van der Waals surface area contributed by atoms with Crippen molar-refractivity contribution in [3.63, 3.8) is 0 Å². The van der Waals surface area contributed by atoms with Crippen LogP contribution in [0, 0.1) is 11.8 Å². The summed E-state index contributed by atoms with van der Waals surface area (Å²) >= 11 is 12.4. The van der Waals surface area contributed by atoms with Crippen LogP contribution in [0.1, 0.15) is 92.8 Å². The third-order valence-corrected chi connectivity index (χ3v) is 9.64. The van der Waals surface area contributed by atoms with Gasteiger partial charge in [-0.05, 0) is 95.2 Å². The monoisotopic (exact) mass is 819 g/mol. The van der Waals surface area contributed by atoms with E-state index >= 15 is 0 Å². The molecule has 310 valence electrons. The van der Waals surface area contributed by atoms with Crippen molar-refractivity contribution < 1.29 is 38.2 Å². The number of alkyl carbamates (subject to hydrolysis) is 2. The molecular formula is C41H59Cl2N5O8. The van der Waals surface area contributed by atoms with Crippen molar-refractivity contribution in [3.8, 4) is 0 Å². The maximum Gasteiger partial charge on any atom is 0.408 e. The number of esters is 1. The maximum absolute atomic E-state index is 13.8. The molecule has 0 aromatic heterocycles. The van der Waals surface area contributed by atoms with Crippen molar-refractivity contribution >= 4 is 58.9 Å². The van der Waals surface area contributed by atoms with E-state index in [1.807, 2.05) is 33.8 Å². The van der Waals surface area contributed by atoms with Gasteiger partial charge in [0.05, 0.1) is 22.5 Å². The summed E-state index contributed by atoms with van der Waals surface area (Å²) < 4.78 is 16.6. The van der Waals surface area contributed by atoms with Crippen LogP contribution in [0.5, 0.6) is 0 Å². The van der Waals surface area contributed by atoms with E-state index in [0.717, 1.165) is 5.56 Å². The minimum absolute atomic E-state index is 0.0637. The third kappa shape index (κ3) is 14.8. The standard InChI is InChI=1S/C41H59Cl2N5O8/c1-24(2)34(45-38(52)55-40(5,6)7)36(50)44-28-14-12-13-27(21-28)32(47(11)33(49)20-26-15-16-30(42)31(43)19-26)23-48-18-17-29(22-48)54-37(51)35(25(3)4)46-39(53)56-41(8,9)10/h12-16,19,21,24-25,29,32,34-35H,17-18,20,22-23H2,1-11H3,(H,44,50)(H,45,52)(H,46,53)/t29-,32+,34?,35?/m0/s1. The van der Waals surface area contributed by atoms with Crippen LogP contribution in [0.4, 0.5) is 15.3 Å². The minimum atomic E-state index is -0.899. The van der Waals surface area contributed by atoms with Crippen LogP contribution in [0.15, 0.2) is 42.5 Å². The van der Waals surface area contributed by atoms with E-state index < -0.39 is 59.5 Å². The molecule has 13 nitrogen and oxygen atoms in total. The normalized spacial score (nSPS) is 16.4. The highest BCUT2D eigenvalue weighted by Crippen LogP contribution is 2.28. The molecule has 3 N–H and O–H groups in total. The number of nitrogens with zero attached hydrogens (tertiary/aromatic N) is 2. The number of carbonyl (C=O) groups excluding carboxylic acids is 5. The lowest BCUT2D eigenvalue weighted by atomic mass is 10.0. The first-order valence-corrected chi connectivity index (χ1v) is 19.7. The first kappa shape index (κ1) is 46.3. The molecule has 3 rings (SSSR count). The lowest BCUT2D eigenvalue weighted by Gasteiger charge is -2.33. The molecule has 2 unspecified atom stereocenters. The largest absolute Gasteiger partial charge is 0.459 e. The van der Waals surface area contributed by atoms with Crippen LogP contribution < -0.4 is 16.0 Å². The number of hydrogen-bond acceptors (Lipinski definition) is 9. The summed E-state index contributed by atoms with van der Waals surface area (Å²) in [5.74, 6) is -1.64. The minimum Gasteiger partial charge on any atom is -0.459 e. The Labute approximate surface area is 341 Å². The van der Waals surface area contributed by atoms with Crippen molar-refractivity contribution in [1.29, 1.82) is 0 Å². The number of likely N-dealkylation sites (N-methyl/N-ethyl adjacent to an activating group) is 1. The van der Waals surface area contributed by atoms with Gasteiger partial charge >= 0.3 is 18.2 Å². The van der Waals surface area contributed by atoms with Crippen LogP contribution in [0.2, 0.25) is 10.0 Å². The number of rotatable bonds is 14. The highest BCUT2D eigenvalue weighted by atomic mass is 35.5. The van der Waals surface area contributed by atoms with Crippen LogP contribution >= 0.6 is 23.2 Å². The second-order valence-corrected chi connectivity index (χ2v) is 17.7. The van der Waals surface area contributed by atoms with Crippen molar-refractivity contribution in [2.24, 2.45) is 11.8 Å². The van der Waals surface area contributed by atoms with E-state index in [2.05, 4.69) is 20.9 Å². The van der Waals surface area contributed by atoms with Gasteiger partial charge in [-0.25, -0.2) is 14.4 Å². The van der Waals surface area contributed by atoms with Gasteiger partial charge in [0.25, 0.3) is 0 Å². The van der Waals surface area contributed by atoms with Crippen LogP contribution in [0.3, 0.4) is 0 Å². The fourth-order valence-electron chi connectivity index (χ4n) is 6.06. The molecule has 1 heterocycles. The molecule has 4 atom stereocenters. The zero-order valence-corrected chi connectivity index (χ0v) is 36.0. The van der Waals surface area contributed by atoms with E-state index in [9.17, 15) is 24.0 Å². The van der Waals surface area contributed by atoms with E-state index in [1.54, 1.807) is 89.9 Å². The third-order valence-electron chi connectivity index (χ3n) is 8.90. The molecule has 56 heavy (non-hydrogen) atoms. The molecule has 4 amide bonds. The number of hydrogen-bond donors (Lipinski definition) is 3. The lowest BCUT2D eigenvalue weighted by Crippen LogP contribution is -2.48. The molecule has 1 fully saturated rings. The van der Waals surface area contributed by atoms with Gasteiger partial charge in [0.1, 0.15) is 29.4 Å². The molecule has 0 spiro atoms. The highest BCUT2D eigenvalue weighted by molar-refractivity contribution is 6.42. The Morgan fingerprint density at radius 2 is 1.43 bits per heavy atom. The van der Waals surface area contributed by atoms with Crippen molar-refractivity contribution in [1.82, 2.24) is 20.4 Å². The van der Waals surface area contributed by atoms with Crippen LogP contribution in [0.25, 0.3) is 0 Å². The molecule has 2 aromatic carbocycles. The molecule has 1 aliphatic heterocycles. The van der Waals surface area contributed by atoms with Gasteiger partial charge in [-0.1, -0.05) is 69.1 Å². The Kier molecular flexibility index (Phi) is 16.4. The Morgan fingerprint density at radius 1 is 0.839 bits per heavy atom. The molecular weight excluding hydrogens is 761 g/mol. The average Bonchev–Trinajstić information content (AvgIpc) is 3.51. The predicted molar refractivity (Wildman–Crippen MR) is 218 cm³/mol. The molecule has 0 bridgehead atoms. The molecule has 1 saturated heterocycles. The zero-order valence-electron chi connectivity index (χ0n) is 34.5. The second kappa shape index (κ2) is 19.9. The first-order chi connectivity index (χ1) is 25.9. The average molecular weight is 821 g/mol. The molecule has 0 aliphatic carbocycles. The van der Waals surface area contributed by atoms with Crippen molar-refractivity contribution in [3.05, 3.63) is 63.6 Å². The van der Waals surface area contributed by atoms with Gasteiger partial charge in [-0.2, -0.15) is 0 Å². The van der Waals surface area contributed by atoms with Gasteiger partial charge in [-0.3, -0.25) is 14.5 Å². The Morgan fingerprint density at radius 3 is 1.98 bits per heavy atom. The second-order valence-electron chi connectivity index (χ2n) is 16.9. The Balaban J connectivity index is 1.83. The number of anilines is 1. The number of benzene rings is 2. The maximum atomic E-state index is 13.8. The van der Waals surface area contributed by atoms with Crippen molar-refractivity contribution in [2.45, 2.75) is 118 Å². The van der Waals surface area contributed by atoms with Gasteiger partial charge in [0.15, 0.2) is 0 Å². The topological polar surface area (TPSA) is 156 Å². The molecule has 0 radical (unpaired) electrons. The molecule has 2 aromatic rings. The Bertz CT molecular complexity index is 1710. The SMILES string of the molecule is CC(C)C(NC(=O)OC(C)(C)C)C(=O)Nc1cccc([C@@H](CN2CC[C@H](OC(=O)C(NC(=O)OC(C)(C)C)C(C)C)C2)N(C)C(=O)Cc2ccc(Cl)c(Cl)c2)c1. The summed E-state index contributed by atoms with van der Waals surface area (Å²) in [6, 6.07) is 10.0. The van der Waals surface area contributed by atoms with Gasteiger partial charge in [-0.15, -0.1) is 0 Å². The number of ether oxygens (including phenoxy) is 3. The number of amides is 4. The van der Waals surface area contributed by atoms with Crippen molar-refractivity contribution in [2.75, 3.05) is 32.0 Å². The molecule has 15 heteroatoms. The summed E-state index contributed by atoms with van der Waals surface area (Å²) in [6.07, 6.45) is -1.23. The van der Waals surface area contributed by atoms with E-state index in [1.165, 1.54) is 0 Å². The number of halogens is 2. The van der Waals surface area contributed by atoms with Gasteiger partial charge < -0.3 is 35.1 Å². The molecule has 1 aliphatic rings. The van der Waals surface area contributed by atoms with Crippen LogP contribution in [-0.4, -0.2) is 95.8 Å². The fourth-order valence-corrected chi connectivity index (χ4v) is 6.38. The number of nitrogens with one attached hydrogen (secondary N) is 3. The Hall–Kier alpha value is -4.07. The summed E-state index contributed by atoms with van der Waals surface area (Å²) in [5, 5.41) is 8.99. The highest BCUT2D eigenvalue weighted by Gasteiger charge is 2.35. The summed E-state index contributed by atoms with van der Waals surface area (Å²) in [5.41, 5.74) is 0.456. The quantitative estimate of drug-likeness (QED) is 0.131. The molecule has 0 saturated carbocycles. The number of carbonyl (C=O) groups is 5. The van der Waals surface area contributed by atoms with Crippen LogP contribution in [-0.2, 0) is 35.0 Å².